The molecule has 1 aliphatic rings. The molecule has 0 nitrogen and oxygen atoms in total. The second kappa shape index (κ2) is 2.52. The minimum absolute atomic E-state index is 1.05. The lowest BCUT2D eigenvalue weighted by molar-refractivity contribution is 0.198. The number of hydrogen-bond donors (Lipinski definition) is 0. The Morgan fingerprint density at radius 2 is 2.00 bits per heavy atom. The molecule has 1 rings (SSSR count). The summed E-state index contributed by atoms with van der Waals surface area (Å²) in [6.45, 7) is 4.63. The lowest BCUT2D eigenvalue weighted by Gasteiger charge is -2.32. The van der Waals surface area contributed by atoms with E-state index >= 15 is 0 Å². The predicted octanol–water partition coefficient (Wildman–Crippen LogP) is 2.83. The van der Waals surface area contributed by atoms with Crippen molar-refractivity contribution in [3.63, 3.8) is 0 Å². The largest absolute Gasteiger partial charge is 0.0654 e. The molecule has 1 aliphatic carbocycles. The fourth-order valence-corrected chi connectivity index (χ4v) is 1.71. The van der Waals surface area contributed by atoms with Gasteiger partial charge in [0.2, 0.25) is 0 Å². The summed E-state index contributed by atoms with van der Waals surface area (Å²) < 4.78 is 0. The van der Waals surface area contributed by atoms with Crippen LogP contribution < -0.4 is 0 Å². The molecule has 0 N–H and O–H groups in total. The van der Waals surface area contributed by atoms with Crippen LogP contribution >= 0.6 is 0 Å². The Morgan fingerprint density at radius 1 is 1.38 bits per heavy atom. The summed E-state index contributed by atoms with van der Waals surface area (Å²) in [4.78, 5) is 0. The maximum atomic E-state index is 2.35. The van der Waals surface area contributed by atoms with E-state index in [0.29, 0.717) is 0 Å². The Labute approximate surface area is 52.3 Å². The molecule has 0 aliphatic heterocycles. The molecule has 0 radical (unpaired) electrons. The highest BCUT2D eigenvalue weighted by Crippen LogP contribution is 2.35. The van der Waals surface area contributed by atoms with Crippen molar-refractivity contribution in [1.82, 2.24) is 0 Å². The van der Waals surface area contributed by atoms with Crippen molar-refractivity contribution in [1.29, 1.82) is 0 Å². The second-order valence-corrected chi connectivity index (χ2v) is 3.23. The van der Waals surface area contributed by atoms with Gasteiger partial charge >= 0.3 is 0 Å². The van der Waals surface area contributed by atoms with Gasteiger partial charge in [-0.05, 0) is 24.7 Å². The zero-order chi connectivity index (χ0) is 5.98. The van der Waals surface area contributed by atoms with Crippen LogP contribution in [0.25, 0.3) is 0 Å². The van der Waals surface area contributed by atoms with E-state index in [0.717, 1.165) is 11.8 Å². The van der Waals surface area contributed by atoms with Gasteiger partial charge in [0.1, 0.15) is 0 Å². The van der Waals surface area contributed by atoms with E-state index in [-0.39, 0.29) is 0 Å². The molecule has 1 fully saturated rings. The van der Waals surface area contributed by atoms with Crippen LogP contribution in [-0.2, 0) is 0 Å². The quantitative estimate of drug-likeness (QED) is 0.515. The second-order valence-electron chi connectivity index (χ2n) is 3.23. The first-order valence-corrected chi connectivity index (χ1v) is 3.83. The first-order valence-electron chi connectivity index (χ1n) is 3.83. The van der Waals surface area contributed by atoms with Crippen molar-refractivity contribution in [3.8, 4) is 0 Å². The summed E-state index contributed by atoms with van der Waals surface area (Å²) in [7, 11) is 0. The monoisotopic (exact) mass is 112 g/mol. The van der Waals surface area contributed by atoms with Crippen molar-refractivity contribution in [2.24, 2.45) is 11.8 Å². The van der Waals surface area contributed by atoms with Gasteiger partial charge in [0, 0.05) is 0 Å². The van der Waals surface area contributed by atoms with Gasteiger partial charge in [-0.25, -0.2) is 0 Å². The van der Waals surface area contributed by atoms with Crippen molar-refractivity contribution in [2.75, 3.05) is 0 Å². The highest BCUT2D eigenvalue weighted by atomic mass is 14.3. The van der Waals surface area contributed by atoms with Crippen LogP contribution in [0.5, 0.6) is 0 Å². The molecule has 0 unspecified atom stereocenters. The highest BCUT2D eigenvalue weighted by Gasteiger charge is 2.23. The molecule has 0 saturated heterocycles. The maximum Gasteiger partial charge on any atom is -0.0409 e. The molecular weight excluding hydrogens is 96.1 g/mol. The van der Waals surface area contributed by atoms with E-state index < -0.39 is 0 Å². The third-order valence-electron chi connectivity index (χ3n) is 2.17. The molecule has 0 amide bonds. The third-order valence-corrected chi connectivity index (χ3v) is 2.17. The molecule has 0 bridgehead atoms. The molecule has 0 atom stereocenters. The van der Waals surface area contributed by atoms with E-state index in [1.54, 1.807) is 0 Å². The smallest absolute Gasteiger partial charge is 0.0409 e. The van der Waals surface area contributed by atoms with Gasteiger partial charge in [-0.2, -0.15) is 0 Å². The third kappa shape index (κ3) is 1.24. The first-order chi connectivity index (χ1) is 3.83. The fraction of sp³-hybridized carbons (Fsp3) is 1.00. The summed E-state index contributed by atoms with van der Waals surface area (Å²) in [5, 5.41) is 0. The Kier molecular flexibility index (Phi) is 1.93. The van der Waals surface area contributed by atoms with E-state index in [1.165, 1.54) is 25.7 Å². The summed E-state index contributed by atoms with van der Waals surface area (Å²) in [6, 6.07) is 0. The van der Waals surface area contributed by atoms with Crippen LogP contribution in [0.1, 0.15) is 39.5 Å². The molecule has 0 aromatic carbocycles. The predicted molar refractivity (Wildman–Crippen MR) is 36.8 cm³/mol. The van der Waals surface area contributed by atoms with Gasteiger partial charge < -0.3 is 0 Å². The van der Waals surface area contributed by atoms with Crippen molar-refractivity contribution in [3.05, 3.63) is 0 Å². The van der Waals surface area contributed by atoms with Crippen LogP contribution in [0.2, 0.25) is 0 Å². The van der Waals surface area contributed by atoms with E-state index in [1.807, 2.05) is 0 Å². The zero-order valence-corrected chi connectivity index (χ0v) is 5.98. The molecule has 0 spiro atoms. The average molecular weight is 112 g/mol. The minimum atomic E-state index is 1.05. The Bertz CT molecular complexity index is 57.7. The molecule has 0 heterocycles. The number of rotatable bonds is 2. The molecule has 48 valence electrons. The minimum Gasteiger partial charge on any atom is -0.0654 e. The van der Waals surface area contributed by atoms with Gasteiger partial charge in [0.25, 0.3) is 0 Å². The molecular formula is C8H16. The SMILES string of the molecule is CCCC1CC(C)C1. The summed E-state index contributed by atoms with van der Waals surface area (Å²) in [5.74, 6) is 2.15. The van der Waals surface area contributed by atoms with Gasteiger partial charge in [-0.1, -0.05) is 26.7 Å². The van der Waals surface area contributed by atoms with Crippen LogP contribution in [0.3, 0.4) is 0 Å². The van der Waals surface area contributed by atoms with Gasteiger partial charge in [0.15, 0.2) is 0 Å². The van der Waals surface area contributed by atoms with E-state index in [2.05, 4.69) is 13.8 Å². The maximum absolute atomic E-state index is 2.35. The van der Waals surface area contributed by atoms with Crippen LogP contribution in [-0.4, -0.2) is 0 Å². The van der Waals surface area contributed by atoms with E-state index in [4.69, 9.17) is 0 Å². The first kappa shape index (κ1) is 6.12. The Morgan fingerprint density at radius 3 is 2.38 bits per heavy atom. The van der Waals surface area contributed by atoms with Crippen LogP contribution in [0, 0.1) is 11.8 Å². The van der Waals surface area contributed by atoms with Crippen molar-refractivity contribution < 1.29 is 0 Å². The number of hydrogen-bond acceptors (Lipinski definition) is 0. The standard InChI is InChI=1S/C8H16/c1-3-4-8-5-7(2)6-8/h7-8H,3-6H2,1-2H3. The normalized spacial score (nSPS) is 36.8. The topological polar surface area (TPSA) is 0 Å². The van der Waals surface area contributed by atoms with Gasteiger partial charge in [-0.15, -0.1) is 0 Å². The highest BCUT2D eigenvalue weighted by molar-refractivity contribution is 4.75. The lowest BCUT2D eigenvalue weighted by atomic mass is 9.74. The molecule has 8 heavy (non-hydrogen) atoms. The molecule has 0 aromatic rings. The average Bonchev–Trinajstić information content (AvgIpc) is 1.64. The summed E-state index contributed by atoms with van der Waals surface area (Å²) >= 11 is 0. The van der Waals surface area contributed by atoms with Gasteiger partial charge in [-0.3, -0.25) is 0 Å². The van der Waals surface area contributed by atoms with Gasteiger partial charge in [0.05, 0.1) is 0 Å². The Balaban J connectivity index is 1.98. The zero-order valence-electron chi connectivity index (χ0n) is 5.98. The fourth-order valence-electron chi connectivity index (χ4n) is 1.71. The van der Waals surface area contributed by atoms with Crippen LogP contribution in [0.15, 0.2) is 0 Å². The molecule has 0 aromatic heterocycles. The van der Waals surface area contributed by atoms with Crippen LogP contribution in [0.4, 0.5) is 0 Å². The summed E-state index contributed by atoms with van der Waals surface area (Å²) in [5.41, 5.74) is 0. The van der Waals surface area contributed by atoms with Crippen molar-refractivity contribution >= 4 is 0 Å². The van der Waals surface area contributed by atoms with E-state index in [9.17, 15) is 0 Å². The van der Waals surface area contributed by atoms with Crippen molar-refractivity contribution in [2.45, 2.75) is 39.5 Å². The molecule has 0 heteroatoms. The molecule has 1 saturated carbocycles. The summed E-state index contributed by atoms with van der Waals surface area (Å²) in [6.07, 6.45) is 5.88. The lowest BCUT2D eigenvalue weighted by Crippen LogP contribution is -2.20. The Hall–Kier alpha value is 0.